The van der Waals surface area contributed by atoms with Crippen LogP contribution < -0.4 is 24.4 Å². The summed E-state index contributed by atoms with van der Waals surface area (Å²) in [5.41, 5.74) is 0.534. The van der Waals surface area contributed by atoms with Crippen molar-refractivity contribution in [3.05, 3.63) is 78.1 Å². The molecule has 1 heterocycles. The third-order valence-corrected chi connectivity index (χ3v) is 7.14. The van der Waals surface area contributed by atoms with Crippen molar-refractivity contribution in [3.63, 3.8) is 0 Å². The molecule has 1 aliphatic heterocycles. The van der Waals surface area contributed by atoms with Gasteiger partial charge >= 0.3 is 0 Å². The van der Waals surface area contributed by atoms with Gasteiger partial charge < -0.3 is 20.1 Å². The van der Waals surface area contributed by atoms with E-state index in [-0.39, 0.29) is 46.1 Å². The van der Waals surface area contributed by atoms with Crippen LogP contribution in [-0.2, 0) is 14.8 Å². The molecule has 3 aromatic rings. The molecule has 0 aliphatic carbocycles. The van der Waals surface area contributed by atoms with Gasteiger partial charge in [-0.05, 0) is 62.4 Å². The Morgan fingerprint density at radius 1 is 0.973 bits per heavy atom. The number of anilines is 2. The smallest absolute Gasteiger partial charge is 0.264 e. The fourth-order valence-electron chi connectivity index (χ4n) is 3.68. The van der Waals surface area contributed by atoms with Crippen molar-refractivity contribution in [2.45, 2.75) is 24.8 Å². The first-order valence-corrected chi connectivity index (χ1v) is 13.0. The van der Waals surface area contributed by atoms with Gasteiger partial charge in [0.15, 0.2) is 11.5 Å². The van der Waals surface area contributed by atoms with Gasteiger partial charge in [0.2, 0.25) is 5.91 Å². The number of halogens is 1. The maximum absolute atomic E-state index is 13.7. The van der Waals surface area contributed by atoms with Gasteiger partial charge in [0, 0.05) is 12.1 Å². The molecule has 0 fully saturated rings. The Balaban J connectivity index is 1.65. The Labute approximate surface area is 214 Å². The van der Waals surface area contributed by atoms with Crippen molar-refractivity contribution >= 4 is 33.2 Å². The van der Waals surface area contributed by atoms with E-state index in [1.54, 1.807) is 24.3 Å². The van der Waals surface area contributed by atoms with Crippen LogP contribution in [0.3, 0.4) is 0 Å². The summed E-state index contributed by atoms with van der Waals surface area (Å²) in [6.45, 7) is 3.59. The third kappa shape index (κ3) is 6.00. The Morgan fingerprint density at radius 2 is 1.65 bits per heavy atom. The van der Waals surface area contributed by atoms with Gasteiger partial charge in [0.05, 0.1) is 21.8 Å². The average molecular weight is 528 g/mol. The summed E-state index contributed by atoms with van der Waals surface area (Å²) in [6, 6.07) is 15.2. The molecule has 2 amide bonds. The van der Waals surface area contributed by atoms with E-state index in [0.29, 0.717) is 12.4 Å². The van der Waals surface area contributed by atoms with E-state index < -0.39 is 28.3 Å². The first-order valence-electron chi connectivity index (χ1n) is 11.5. The van der Waals surface area contributed by atoms with E-state index in [0.717, 1.165) is 16.4 Å². The molecule has 11 heteroatoms. The number of sulfonamides is 1. The van der Waals surface area contributed by atoms with Crippen LogP contribution in [0.5, 0.6) is 11.5 Å². The van der Waals surface area contributed by atoms with Crippen LogP contribution in [-0.4, -0.2) is 46.0 Å². The highest BCUT2D eigenvalue weighted by Crippen LogP contribution is 2.34. The number of benzene rings is 3. The number of hydrogen-bond acceptors (Lipinski definition) is 6. The zero-order chi connectivity index (χ0) is 26.6. The Hall–Kier alpha value is -4.12. The van der Waals surface area contributed by atoms with Crippen LogP contribution in [0, 0.1) is 5.82 Å². The summed E-state index contributed by atoms with van der Waals surface area (Å²) in [7, 11) is -4.29. The lowest BCUT2D eigenvalue weighted by Gasteiger charge is -2.25. The lowest BCUT2D eigenvalue weighted by Crippen LogP contribution is -2.38. The molecule has 37 heavy (non-hydrogen) atoms. The minimum Gasteiger partial charge on any atom is -0.486 e. The van der Waals surface area contributed by atoms with Crippen molar-refractivity contribution in [2.75, 3.05) is 29.4 Å². The number of para-hydroxylation sites is 1. The topological polar surface area (TPSA) is 114 Å². The Bertz CT molecular complexity index is 1410. The normalized spacial score (nSPS) is 12.6. The summed E-state index contributed by atoms with van der Waals surface area (Å²) < 4.78 is 52.8. The summed E-state index contributed by atoms with van der Waals surface area (Å²) in [5.74, 6) is -0.969. The van der Waals surface area contributed by atoms with Crippen LogP contribution in [0.25, 0.3) is 0 Å². The minimum atomic E-state index is -4.29. The summed E-state index contributed by atoms with van der Waals surface area (Å²) >= 11 is 0. The first-order chi connectivity index (χ1) is 17.6. The molecule has 9 nitrogen and oxygen atoms in total. The fourth-order valence-corrected chi connectivity index (χ4v) is 5.12. The highest BCUT2D eigenvalue weighted by atomic mass is 32.2. The monoisotopic (exact) mass is 527 g/mol. The molecule has 0 saturated heterocycles. The fraction of sp³-hybridized carbons (Fsp3) is 0.231. The lowest BCUT2D eigenvalue weighted by molar-refractivity contribution is -0.114. The quantitative estimate of drug-likeness (QED) is 0.463. The number of nitrogens with one attached hydrogen (secondary N) is 2. The molecule has 0 aromatic heterocycles. The number of carbonyl (C=O) groups excluding carboxylic acids is 2. The minimum absolute atomic E-state index is 0.0808. The van der Waals surface area contributed by atoms with Gasteiger partial charge in [-0.15, -0.1) is 0 Å². The van der Waals surface area contributed by atoms with E-state index in [9.17, 15) is 22.4 Å². The molecule has 0 spiro atoms. The van der Waals surface area contributed by atoms with E-state index in [2.05, 4.69) is 10.6 Å². The van der Waals surface area contributed by atoms with Crippen LogP contribution in [0.1, 0.15) is 24.2 Å². The van der Waals surface area contributed by atoms with Crippen molar-refractivity contribution in [1.29, 1.82) is 0 Å². The summed E-state index contributed by atoms with van der Waals surface area (Å²) in [5, 5.41) is 5.39. The molecule has 194 valence electrons. The maximum Gasteiger partial charge on any atom is 0.264 e. The number of rotatable bonds is 8. The van der Waals surface area contributed by atoms with Gasteiger partial charge in [0.25, 0.3) is 15.9 Å². The van der Waals surface area contributed by atoms with Crippen molar-refractivity contribution in [2.24, 2.45) is 0 Å². The van der Waals surface area contributed by atoms with Gasteiger partial charge in [-0.25, -0.2) is 12.8 Å². The Morgan fingerprint density at radius 3 is 2.35 bits per heavy atom. The highest BCUT2D eigenvalue weighted by molar-refractivity contribution is 7.92. The van der Waals surface area contributed by atoms with Crippen LogP contribution in [0.2, 0.25) is 0 Å². The molecule has 3 aromatic carbocycles. The predicted octanol–water partition coefficient (Wildman–Crippen LogP) is 3.57. The van der Waals surface area contributed by atoms with Gasteiger partial charge in [-0.3, -0.25) is 13.9 Å². The second-order valence-corrected chi connectivity index (χ2v) is 10.4. The molecule has 2 N–H and O–H groups in total. The second-order valence-electron chi connectivity index (χ2n) is 8.52. The van der Waals surface area contributed by atoms with Crippen LogP contribution >= 0.6 is 0 Å². The molecule has 0 atom stereocenters. The third-order valence-electron chi connectivity index (χ3n) is 5.37. The standard InChI is InChI=1S/C26H26FN3O6S/c1-17(2)28-26(32)21-5-3-4-6-22(21)29-25(31)16-30(19-9-7-18(27)8-10-19)37(33,34)20-11-12-23-24(15-20)36-14-13-35-23/h3-12,15,17H,13-14,16H2,1-2H3,(H,28,32)(H,29,31). The number of carbonyl (C=O) groups is 2. The van der Waals surface area contributed by atoms with Crippen LogP contribution in [0.15, 0.2) is 71.6 Å². The van der Waals surface area contributed by atoms with E-state index in [1.165, 1.54) is 30.3 Å². The van der Waals surface area contributed by atoms with E-state index >= 15 is 0 Å². The summed E-state index contributed by atoms with van der Waals surface area (Å²) in [6.07, 6.45) is 0. The first kappa shape index (κ1) is 26.0. The van der Waals surface area contributed by atoms with Gasteiger partial charge in [-0.1, -0.05) is 12.1 Å². The Kier molecular flexibility index (Phi) is 7.63. The predicted molar refractivity (Wildman–Crippen MR) is 136 cm³/mol. The van der Waals surface area contributed by atoms with E-state index in [1.807, 2.05) is 13.8 Å². The van der Waals surface area contributed by atoms with Crippen molar-refractivity contribution in [3.8, 4) is 11.5 Å². The highest BCUT2D eigenvalue weighted by Gasteiger charge is 2.29. The number of ether oxygens (including phenoxy) is 2. The molecule has 0 radical (unpaired) electrons. The van der Waals surface area contributed by atoms with Crippen molar-refractivity contribution in [1.82, 2.24) is 5.32 Å². The molecule has 0 bridgehead atoms. The number of nitrogens with zero attached hydrogens (tertiary/aromatic N) is 1. The maximum atomic E-state index is 13.7. The zero-order valence-corrected chi connectivity index (χ0v) is 21.0. The SMILES string of the molecule is CC(C)NC(=O)c1ccccc1NC(=O)CN(c1ccc(F)cc1)S(=O)(=O)c1ccc2c(c1)OCCO2. The molecular formula is C26H26FN3O6S. The number of hydrogen-bond donors (Lipinski definition) is 2. The van der Waals surface area contributed by atoms with Crippen LogP contribution in [0.4, 0.5) is 15.8 Å². The summed E-state index contributed by atoms with van der Waals surface area (Å²) in [4.78, 5) is 25.5. The number of fused-ring (bicyclic) bond motifs is 1. The van der Waals surface area contributed by atoms with E-state index in [4.69, 9.17) is 9.47 Å². The average Bonchev–Trinajstić information content (AvgIpc) is 2.87. The number of amides is 2. The second kappa shape index (κ2) is 10.9. The largest absolute Gasteiger partial charge is 0.486 e. The lowest BCUT2D eigenvalue weighted by atomic mass is 10.1. The van der Waals surface area contributed by atoms with Crippen molar-refractivity contribution < 1.29 is 31.9 Å². The molecule has 4 rings (SSSR count). The molecule has 1 aliphatic rings. The zero-order valence-electron chi connectivity index (χ0n) is 20.2. The molecule has 0 saturated carbocycles. The van der Waals surface area contributed by atoms with Gasteiger partial charge in [0.1, 0.15) is 25.6 Å². The van der Waals surface area contributed by atoms with Gasteiger partial charge in [-0.2, -0.15) is 0 Å². The molecular weight excluding hydrogens is 501 g/mol. The molecule has 0 unspecified atom stereocenters.